The van der Waals surface area contributed by atoms with Crippen LogP contribution in [0.1, 0.15) is 24.8 Å². The van der Waals surface area contributed by atoms with Crippen LogP contribution in [0.4, 0.5) is 0 Å². The Morgan fingerprint density at radius 2 is 2.00 bits per heavy atom. The highest BCUT2D eigenvalue weighted by Crippen LogP contribution is 2.53. The quantitative estimate of drug-likeness (QED) is 0.788. The first-order valence-electron chi connectivity index (χ1n) is 6.23. The van der Waals surface area contributed by atoms with Crippen molar-refractivity contribution < 1.29 is 9.53 Å². The Kier molecular flexibility index (Phi) is 3.59. The molecule has 2 rings (SSSR count). The van der Waals surface area contributed by atoms with Crippen molar-refractivity contribution >= 4 is 6.29 Å². The molecular weight excluding hydrogens is 252 g/mol. The minimum Gasteiger partial charge on any atom is -0.496 e. The van der Waals surface area contributed by atoms with Gasteiger partial charge in [-0.25, -0.2) is 0 Å². The number of nitriles is 2. The lowest BCUT2D eigenvalue weighted by Crippen LogP contribution is -2.23. The van der Waals surface area contributed by atoms with Crippen molar-refractivity contribution in [3.63, 3.8) is 0 Å². The highest BCUT2D eigenvalue weighted by atomic mass is 16.5. The smallest absolute Gasteiger partial charge is 0.158 e. The summed E-state index contributed by atoms with van der Waals surface area (Å²) >= 11 is 0. The molecule has 0 N–H and O–H groups in total. The topological polar surface area (TPSA) is 73.9 Å². The number of allylic oxidation sites excluding steroid dienone is 2. The maximum atomic E-state index is 11.4. The molecule has 0 unspecified atom stereocenters. The Hall–Kier alpha value is -2.59. The van der Waals surface area contributed by atoms with Crippen molar-refractivity contribution in [1.82, 2.24) is 0 Å². The summed E-state index contributed by atoms with van der Waals surface area (Å²) in [4.78, 5) is 11.4. The molecule has 0 bridgehead atoms. The molecule has 20 heavy (non-hydrogen) atoms. The molecule has 1 aliphatic rings. The lowest BCUT2D eigenvalue weighted by atomic mass is 9.73. The minimum absolute atomic E-state index is 0.288. The zero-order chi connectivity index (χ0) is 14.8. The van der Waals surface area contributed by atoms with Gasteiger partial charge in [-0.05, 0) is 13.0 Å². The molecule has 1 aromatic carbocycles. The Morgan fingerprint density at radius 3 is 2.55 bits per heavy atom. The molecule has 0 saturated heterocycles. The van der Waals surface area contributed by atoms with Gasteiger partial charge in [0, 0.05) is 23.5 Å². The van der Waals surface area contributed by atoms with Gasteiger partial charge in [0.1, 0.15) is 12.0 Å². The fourth-order valence-electron chi connectivity index (χ4n) is 2.87. The number of aldehydes is 1. The summed E-state index contributed by atoms with van der Waals surface area (Å²) < 4.78 is 5.31. The molecule has 4 heteroatoms. The number of benzene rings is 1. The number of hydrogen-bond donors (Lipinski definition) is 0. The van der Waals surface area contributed by atoms with Crippen molar-refractivity contribution in [2.45, 2.75) is 19.3 Å². The van der Waals surface area contributed by atoms with Gasteiger partial charge >= 0.3 is 0 Å². The Bertz CT molecular complexity index is 648. The number of carbonyl (C=O) groups excluding carboxylic acids is 1. The van der Waals surface area contributed by atoms with Gasteiger partial charge in [0.15, 0.2) is 5.41 Å². The molecule has 100 valence electrons. The van der Waals surface area contributed by atoms with Crippen LogP contribution in [0.3, 0.4) is 0 Å². The molecule has 0 fully saturated rings. The van der Waals surface area contributed by atoms with Gasteiger partial charge in [0.2, 0.25) is 0 Å². The van der Waals surface area contributed by atoms with Crippen molar-refractivity contribution in [2.75, 3.05) is 7.11 Å². The van der Waals surface area contributed by atoms with Gasteiger partial charge in [-0.3, -0.25) is 4.79 Å². The zero-order valence-corrected chi connectivity index (χ0v) is 11.4. The van der Waals surface area contributed by atoms with E-state index < -0.39 is 11.3 Å². The Labute approximate surface area is 117 Å². The second-order valence-corrected chi connectivity index (χ2v) is 4.90. The van der Waals surface area contributed by atoms with Crippen LogP contribution < -0.4 is 4.74 Å². The van der Waals surface area contributed by atoms with E-state index in [1.54, 1.807) is 19.1 Å². The SMILES string of the molecule is COc1ccccc1[C@@H]1C(C=O)=C(C)CC1(C#N)C#N. The molecule has 0 radical (unpaired) electrons. The zero-order valence-electron chi connectivity index (χ0n) is 11.4. The van der Waals surface area contributed by atoms with Gasteiger partial charge < -0.3 is 4.74 Å². The maximum absolute atomic E-state index is 11.4. The molecule has 1 atom stereocenters. The molecule has 1 aromatic rings. The van der Waals surface area contributed by atoms with Gasteiger partial charge in [-0.1, -0.05) is 23.8 Å². The van der Waals surface area contributed by atoms with Crippen LogP contribution in [-0.4, -0.2) is 13.4 Å². The normalized spacial score (nSPS) is 20.1. The number of carbonyl (C=O) groups is 1. The fraction of sp³-hybridized carbons (Fsp3) is 0.312. The van der Waals surface area contributed by atoms with E-state index in [-0.39, 0.29) is 6.42 Å². The minimum atomic E-state index is -1.24. The average Bonchev–Trinajstić information content (AvgIpc) is 2.79. The fourth-order valence-corrected chi connectivity index (χ4v) is 2.87. The van der Waals surface area contributed by atoms with E-state index >= 15 is 0 Å². The summed E-state index contributed by atoms with van der Waals surface area (Å²) in [6.07, 6.45) is 1.04. The number of para-hydroxylation sites is 1. The lowest BCUT2D eigenvalue weighted by Gasteiger charge is -2.24. The molecule has 0 amide bonds. The second kappa shape index (κ2) is 5.19. The highest BCUT2D eigenvalue weighted by molar-refractivity contribution is 5.80. The van der Waals surface area contributed by atoms with Crippen LogP contribution in [0.25, 0.3) is 0 Å². The Balaban J connectivity index is 2.69. The summed E-state index contributed by atoms with van der Waals surface area (Å²) in [5.74, 6) is 0.0209. The van der Waals surface area contributed by atoms with Crippen LogP contribution in [-0.2, 0) is 4.79 Å². The monoisotopic (exact) mass is 266 g/mol. The lowest BCUT2D eigenvalue weighted by molar-refractivity contribution is -0.105. The van der Waals surface area contributed by atoms with Gasteiger partial charge in [0.05, 0.1) is 19.2 Å². The first kappa shape index (κ1) is 13.8. The van der Waals surface area contributed by atoms with E-state index in [0.29, 0.717) is 16.9 Å². The predicted octanol–water partition coefficient (Wildman–Crippen LogP) is 2.73. The van der Waals surface area contributed by atoms with Crippen LogP contribution in [0.15, 0.2) is 35.4 Å². The van der Waals surface area contributed by atoms with E-state index in [4.69, 9.17) is 4.74 Å². The highest BCUT2D eigenvalue weighted by Gasteiger charge is 2.49. The molecule has 0 aliphatic heterocycles. The third-order valence-electron chi connectivity index (χ3n) is 3.82. The predicted molar refractivity (Wildman–Crippen MR) is 72.8 cm³/mol. The number of hydrogen-bond acceptors (Lipinski definition) is 4. The molecule has 0 aromatic heterocycles. The molecule has 0 spiro atoms. The van der Waals surface area contributed by atoms with Crippen molar-refractivity contribution in [3.8, 4) is 17.9 Å². The van der Waals surface area contributed by atoms with Crippen LogP contribution in [0, 0.1) is 28.1 Å². The van der Waals surface area contributed by atoms with E-state index in [2.05, 4.69) is 12.1 Å². The van der Waals surface area contributed by atoms with Crippen LogP contribution in [0.5, 0.6) is 5.75 Å². The van der Waals surface area contributed by atoms with Gasteiger partial charge in [0.25, 0.3) is 0 Å². The summed E-state index contributed by atoms with van der Waals surface area (Å²) in [7, 11) is 1.53. The summed E-state index contributed by atoms with van der Waals surface area (Å²) in [6.45, 7) is 1.79. The van der Waals surface area contributed by atoms with Crippen molar-refractivity contribution in [1.29, 1.82) is 10.5 Å². The molecule has 0 saturated carbocycles. The van der Waals surface area contributed by atoms with Crippen LogP contribution >= 0.6 is 0 Å². The summed E-state index contributed by atoms with van der Waals surface area (Å²) in [5.41, 5.74) is 0.767. The van der Waals surface area contributed by atoms with Gasteiger partial charge in [-0.2, -0.15) is 10.5 Å². The number of methoxy groups -OCH3 is 1. The second-order valence-electron chi connectivity index (χ2n) is 4.90. The molecule has 4 nitrogen and oxygen atoms in total. The van der Waals surface area contributed by atoms with Crippen LogP contribution in [0.2, 0.25) is 0 Å². The largest absolute Gasteiger partial charge is 0.496 e. The first-order chi connectivity index (χ1) is 9.63. The van der Waals surface area contributed by atoms with E-state index in [0.717, 1.165) is 11.9 Å². The maximum Gasteiger partial charge on any atom is 0.158 e. The van der Waals surface area contributed by atoms with E-state index in [9.17, 15) is 15.3 Å². The third-order valence-corrected chi connectivity index (χ3v) is 3.82. The van der Waals surface area contributed by atoms with Crippen molar-refractivity contribution in [2.24, 2.45) is 5.41 Å². The average molecular weight is 266 g/mol. The van der Waals surface area contributed by atoms with Crippen molar-refractivity contribution in [3.05, 3.63) is 41.0 Å². The van der Waals surface area contributed by atoms with E-state index in [1.807, 2.05) is 12.1 Å². The Morgan fingerprint density at radius 1 is 1.35 bits per heavy atom. The summed E-state index contributed by atoms with van der Waals surface area (Å²) in [6, 6.07) is 11.4. The number of rotatable bonds is 3. The van der Waals surface area contributed by atoms with E-state index in [1.165, 1.54) is 7.11 Å². The number of nitrogens with zero attached hydrogens (tertiary/aromatic N) is 2. The molecular formula is C16H14N2O2. The standard InChI is InChI=1S/C16H14N2O2/c1-11-7-16(9-17,10-18)15(13(11)8-19)12-5-3-4-6-14(12)20-2/h3-6,8,15H,7H2,1-2H3/t15-/m1/s1. The van der Waals surface area contributed by atoms with Gasteiger partial charge in [-0.15, -0.1) is 0 Å². The third kappa shape index (κ3) is 1.87. The first-order valence-corrected chi connectivity index (χ1v) is 6.23. The molecule has 1 aliphatic carbocycles. The number of ether oxygens (including phenoxy) is 1. The summed E-state index contributed by atoms with van der Waals surface area (Å²) in [5, 5.41) is 19.0. The molecule has 0 heterocycles.